The van der Waals surface area contributed by atoms with Crippen LogP contribution in [0.5, 0.6) is 5.75 Å². The highest BCUT2D eigenvalue weighted by molar-refractivity contribution is 5.80. The molecule has 0 atom stereocenters. The number of carboxylic acid groups (broad SMARTS) is 1. The molecule has 0 saturated carbocycles. The maximum atomic E-state index is 10.4. The Hall–Kier alpha value is -2.03. The number of carbonyl (C=O) groups is 1. The summed E-state index contributed by atoms with van der Waals surface area (Å²) in [5, 5.41) is 8.58. The summed E-state index contributed by atoms with van der Waals surface area (Å²) in [6, 6.07) is 7.63. The molecule has 1 aromatic rings. The van der Waals surface area contributed by atoms with E-state index in [1.165, 1.54) is 0 Å². The first-order valence-corrected chi connectivity index (χ1v) is 5.38. The first kappa shape index (κ1) is 13.0. The van der Waals surface area contributed by atoms with Crippen LogP contribution in [0.15, 0.2) is 42.0 Å². The SMILES string of the molecule is CC=Cc1ccccc1OCC(C)=CC(=O)O. The Labute approximate surface area is 101 Å². The van der Waals surface area contributed by atoms with Crippen molar-refractivity contribution in [1.82, 2.24) is 0 Å². The predicted molar refractivity (Wildman–Crippen MR) is 68.0 cm³/mol. The van der Waals surface area contributed by atoms with Gasteiger partial charge in [-0.3, -0.25) is 0 Å². The fourth-order valence-corrected chi connectivity index (χ4v) is 1.37. The number of carboxylic acids is 1. The molecule has 0 radical (unpaired) electrons. The number of para-hydroxylation sites is 1. The second kappa shape index (κ2) is 6.53. The quantitative estimate of drug-likeness (QED) is 0.793. The van der Waals surface area contributed by atoms with Gasteiger partial charge in [0.2, 0.25) is 0 Å². The molecule has 0 unspecified atom stereocenters. The van der Waals surface area contributed by atoms with E-state index in [0.29, 0.717) is 5.57 Å². The third-order valence-electron chi connectivity index (χ3n) is 2.09. The second-order valence-electron chi connectivity index (χ2n) is 3.66. The highest BCUT2D eigenvalue weighted by Gasteiger charge is 2.00. The molecular formula is C14H16O3. The molecule has 0 aliphatic heterocycles. The number of hydrogen-bond acceptors (Lipinski definition) is 2. The summed E-state index contributed by atoms with van der Waals surface area (Å²) >= 11 is 0. The normalized spacial score (nSPS) is 11.8. The summed E-state index contributed by atoms with van der Waals surface area (Å²) < 4.78 is 5.57. The molecule has 0 heterocycles. The monoisotopic (exact) mass is 232 g/mol. The van der Waals surface area contributed by atoms with Crippen molar-refractivity contribution in [3.8, 4) is 5.75 Å². The van der Waals surface area contributed by atoms with E-state index in [0.717, 1.165) is 17.4 Å². The van der Waals surface area contributed by atoms with Crippen LogP contribution in [0.4, 0.5) is 0 Å². The van der Waals surface area contributed by atoms with Gasteiger partial charge >= 0.3 is 5.97 Å². The van der Waals surface area contributed by atoms with E-state index in [2.05, 4.69) is 0 Å². The Kier molecular flexibility index (Phi) is 5.01. The molecule has 0 bridgehead atoms. The Bertz CT molecular complexity index is 445. The van der Waals surface area contributed by atoms with Gasteiger partial charge in [-0.1, -0.05) is 30.4 Å². The number of allylic oxidation sites excluding steroid dienone is 1. The van der Waals surface area contributed by atoms with E-state index >= 15 is 0 Å². The van der Waals surface area contributed by atoms with Crippen molar-refractivity contribution >= 4 is 12.0 Å². The van der Waals surface area contributed by atoms with E-state index in [1.807, 2.05) is 43.3 Å². The molecule has 0 aliphatic carbocycles. The van der Waals surface area contributed by atoms with Gasteiger partial charge in [0.05, 0.1) is 0 Å². The molecule has 1 aromatic carbocycles. The van der Waals surface area contributed by atoms with E-state index < -0.39 is 5.97 Å². The maximum Gasteiger partial charge on any atom is 0.328 e. The summed E-state index contributed by atoms with van der Waals surface area (Å²) in [5.41, 5.74) is 1.66. The maximum absolute atomic E-state index is 10.4. The van der Waals surface area contributed by atoms with Crippen LogP contribution in [0.25, 0.3) is 6.08 Å². The van der Waals surface area contributed by atoms with Crippen LogP contribution in [-0.2, 0) is 4.79 Å². The lowest BCUT2D eigenvalue weighted by Gasteiger charge is -2.08. The van der Waals surface area contributed by atoms with Crippen molar-refractivity contribution in [2.75, 3.05) is 6.61 Å². The molecular weight excluding hydrogens is 216 g/mol. The van der Waals surface area contributed by atoms with Crippen LogP contribution in [0.3, 0.4) is 0 Å². The molecule has 0 aromatic heterocycles. The third-order valence-corrected chi connectivity index (χ3v) is 2.09. The first-order chi connectivity index (χ1) is 8.13. The van der Waals surface area contributed by atoms with Crippen LogP contribution in [0.2, 0.25) is 0 Å². The number of rotatable bonds is 5. The van der Waals surface area contributed by atoms with Gasteiger partial charge in [-0.15, -0.1) is 0 Å². The molecule has 17 heavy (non-hydrogen) atoms. The summed E-state index contributed by atoms with van der Waals surface area (Å²) in [6.45, 7) is 3.94. The smallest absolute Gasteiger partial charge is 0.328 e. The van der Waals surface area contributed by atoms with Crippen LogP contribution in [-0.4, -0.2) is 17.7 Å². The molecule has 1 N–H and O–H groups in total. The molecule has 90 valence electrons. The molecule has 3 nitrogen and oxygen atoms in total. The van der Waals surface area contributed by atoms with Crippen molar-refractivity contribution in [3.05, 3.63) is 47.6 Å². The van der Waals surface area contributed by atoms with Gasteiger partial charge in [-0.25, -0.2) is 4.79 Å². The van der Waals surface area contributed by atoms with Gasteiger partial charge in [0.25, 0.3) is 0 Å². The molecule has 0 amide bonds. The molecule has 0 spiro atoms. The number of aliphatic carboxylic acids is 1. The number of benzene rings is 1. The Balaban J connectivity index is 2.72. The van der Waals surface area contributed by atoms with Crippen molar-refractivity contribution in [1.29, 1.82) is 0 Å². The molecule has 0 saturated heterocycles. The molecule has 0 aliphatic rings. The second-order valence-corrected chi connectivity index (χ2v) is 3.66. The van der Waals surface area contributed by atoms with E-state index in [4.69, 9.17) is 9.84 Å². The van der Waals surface area contributed by atoms with Crippen molar-refractivity contribution < 1.29 is 14.6 Å². The highest BCUT2D eigenvalue weighted by Crippen LogP contribution is 2.19. The molecule has 0 fully saturated rings. The van der Waals surface area contributed by atoms with Gasteiger partial charge < -0.3 is 9.84 Å². The van der Waals surface area contributed by atoms with Gasteiger partial charge in [0.15, 0.2) is 0 Å². The van der Waals surface area contributed by atoms with Gasteiger partial charge in [-0.05, 0) is 25.5 Å². The summed E-state index contributed by atoms with van der Waals surface area (Å²) in [4.78, 5) is 10.4. The van der Waals surface area contributed by atoms with Gasteiger partial charge in [-0.2, -0.15) is 0 Å². The predicted octanol–water partition coefficient (Wildman–Crippen LogP) is 3.13. The Morgan fingerprint density at radius 3 is 2.76 bits per heavy atom. The topological polar surface area (TPSA) is 46.5 Å². The lowest BCUT2D eigenvalue weighted by molar-refractivity contribution is -0.131. The van der Waals surface area contributed by atoms with Crippen molar-refractivity contribution in [3.63, 3.8) is 0 Å². The Morgan fingerprint density at radius 1 is 1.41 bits per heavy atom. The minimum Gasteiger partial charge on any atom is -0.489 e. The van der Waals surface area contributed by atoms with E-state index in [9.17, 15) is 4.79 Å². The highest BCUT2D eigenvalue weighted by atomic mass is 16.5. The Morgan fingerprint density at radius 2 is 2.12 bits per heavy atom. The summed E-state index contributed by atoms with van der Waals surface area (Å²) in [5.74, 6) is -0.198. The minimum absolute atomic E-state index is 0.279. The third kappa shape index (κ3) is 4.55. The summed E-state index contributed by atoms with van der Waals surface area (Å²) in [7, 11) is 0. The van der Waals surface area contributed by atoms with Crippen LogP contribution in [0.1, 0.15) is 19.4 Å². The molecule has 3 heteroatoms. The van der Waals surface area contributed by atoms with Crippen LogP contribution >= 0.6 is 0 Å². The number of hydrogen-bond donors (Lipinski definition) is 1. The van der Waals surface area contributed by atoms with Crippen molar-refractivity contribution in [2.45, 2.75) is 13.8 Å². The standard InChI is InChI=1S/C14H16O3/c1-3-6-12-7-4-5-8-13(12)17-10-11(2)9-14(15)16/h3-9H,10H2,1-2H3,(H,15,16). The number of ether oxygens (including phenoxy) is 1. The zero-order valence-electron chi connectivity index (χ0n) is 10.0. The fraction of sp³-hybridized carbons (Fsp3) is 0.214. The first-order valence-electron chi connectivity index (χ1n) is 5.38. The van der Waals surface area contributed by atoms with Gasteiger partial charge in [0.1, 0.15) is 12.4 Å². The lowest BCUT2D eigenvalue weighted by Crippen LogP contribution is -2.02. The minimum atomic E-state index is -0.951. The summed E-state index contributed by atoms with van der Waals surface area (Å²) in [6.07, 6.45) is 5.03. The average molecular weight is 232 g/mol. The van der Waals surface area contributed by atoms with Crippen LogP contribution < -0.4 is 4.74 Å². The molecule has 1 rings (SSSR count). The fourth-order valence-electron chi connectivity index (χ4n) is 1.37. The van der Waals surface area contributed by atoms with Crippen LogP contribution in [0, 0.1) is 0 Å². The zero-order chi connectivity index (χ0) is 12.7. The van der Waals surface area contributed by atoms with Crippen molar-refractivity contribution in [2.24, 2.45) is 0 Å². The zero-order valence-corrected chi connectivity index (χ0v) is 10.0. The largest absolute Gasteiger partial charge is 0.489 e. The van der Waals surface area contributed by atoms with E-state index in [1.54, 1.807) is 6.92 Å². The van der Waals surface area contributed by atoms with E-state index in [-0.39, 0.29) is 6.61 Å². The van der Waals surface area contributed by atoms with Gasteiger partial charge in [0, 0.05) is 11.6 Å². The average Bonchev–Trinajstić information content (AvgIpc) is 2.27. The lowest BCUT2D eigenvalue weighted by atomic mass is 10.2.